The average molecular weight is 284 g/mol. The van der Waals surface area contributed by atoms with Gasteiger partial charge in [0.1, 0.15) is 11.9 Å². The van der Waals surface area contributed by atoms with Crippen LogP contribution >= 0.6 is 0 Å². The van der Waals surface area contributed by atoms with Crippen LogP contribution in [0.2, 0.25) is 0 Å². The third-order valence-electron chi connectivity index (χ3n) is 4.12. The lowest BCUT2D eigenvalue weighted by Crippen LogP contribution is -2.05. The smallest absolute Gasteiger partial charge is 0.128 e. The Morgan fingerprint density at radius 2 is 1.48 bits per heavy atom. The lowest BCUT2D eigenvalue weighted by atomic mass is 9.94. The Kier molecular flexibility index (Phi) is 4.69. The minimum atomic E-state index is -0.666. The van der Waals surface area contributed by atoms with Gasteiger partial charge in [0.15, 0.2) is 0 Å². The molecule has 0 radical (unpaired) electrons. The van der Waals surface area contributed by atoms with Crippen LogP contribution in [-0.2, 0) is 0 Å². The zero-order chi connectivity index (χ0) is 15.6. The molecule has 2 nitrogen and oxygen atoms in total. The number of rotatable bonds is 4. The van der Waals surface area contributed by atoms with Crippen molar-refractivity contribution < 1.29 is 9.84 Å². The second kappa shape index (κ2) is 6.31. The number of aliphatic hydroxyl groups excluding tert-OH is 1. The van der Waals surface area contributed by atoms with Crippen molar-refractivity contribution in [1.29, 1.82) is 0 Å². The highest BCUT2D eigenvalue weighted by Gasteiger charge is 2.18. The highest BCUT2D eigenvalue weighted by Crippen LogP contribution is 2.34. The van der Waals surface area contributed by atoms with Gasteiger partial charge >= 0.3 is 0 Å². The van der Waals surface area contributed by atoms with E-state index in [9.17, 15) is 5.11 Å². The molecule has 0 heterocycles. The monoisotopic (exact) mass is 284 g/mol. The molecule has 21 heavy (non-hydrogen) atoms. The summed E-state index contributed by atoms with van der Waals surface area (Å²) in [4.78, 5) is 0. The molecule has 1 unspecified atom stereocenters. The van der Waals surface area contributed by atoms with Crippen molar-refractivity contribution in [1.82, 2.24) is 0 Å². The summed E-state index contributed by atoms with van der Waals surface area (Å²) in [6.45, 7) is 8.40. The van der Waals surface area contributed by atoms with Gasteiger partial charge < -0.3 is 9.84 Å². The maximum atomic E-state index is 10.7. The Hall–Kier alpha value is -1.80. The van der Waals surface area contributed by atoms with Gasteiger partial charge in [0.05, 0.1) is 7.11 Å². The Balaban J connectivity index is 2.40. The SMILES string of the molecule is COc1c(C(O)c2ccc(C(C)C)cc2)ccc(C)c1C. The van der Waals surface area contributed by atoms with E-state index in [1.807, 2.05) is 38.1 Å². The summed E-state index contributed by atoms with van der Waals surface area (Å²) < 4.78 is 5.50. The second-order valence-electron chi connectivity index (χ2n) is 5.85. The van der Waals surface area contributed by atoms with Gasteiger partial charge in [-0.15, -0.1) is 0 Å². The van der Waals surface area contributed by atoms with E-state index in [2.05, 4.69) is 26.0 Å². The van der Waals surface area contributed by atoms with Crippen LogP contribution in [0.5, 0.6) is 5.75 Å². The quantitative estimate of drug-likeness (QED) is 0.894. The summed E-state index contributed by atoms with van der Waals surface area (Å²) in [5.74, 6) is 1.27. The van der Waals surface area contributed by atoms with Crippen molar-refractivity contribution >= 4 is 0 Å². The Labute approximate surface area is 127 Å². The normalized spacial score (nSPS) is 12.5. The Morgan fingerprint density at radius 3 is 2.00 bits per heavy atom. The summed E-state index contributed by atoms with van der Waals surface area (Å²) in [6.07, 6.45) is -0.666. The number of aliphatic hydroxyl groups is 1. The molecule has 0 aliphatic heterocycles. The van der Waals surface area contributed by atoms with Crippen LogP contribution in [0.15, 0.2) is 36.4 Å². The molecule has 2 rings (SSSR count). The van der Waals surface area contributed by atoms with E-state index >= 15 is 0 Å². The van der Waals surface area contributed by atoms with Crippen LogP contribution in [0.25, 0.3) is 0 Å². The van der Waals surface area contributed by atoms with Crippen LogP contribution in [0.4, 0.5) is 0 Å². The highest BCUT2D eigenvalue weighted by atomic mass is 16.5. The van der Waals surface area contributed by atoms with Crippen LogP contribution in [0.1, 0.15) is 53.7 Å². The summed E-state index contributed by atoms with van der Waals surface area (Å²) in [5, 5.41) is 10.7. The molecular formula is C19H24O2. The highest BCUT2D eigenvalue weighted by molar-refractivity contribution is 5.49. The van der Waals surface area contributed by atoms with Gasteiger partial charge in [-0.3, -0.25) is 0 Å². The fraction of sp³-hybridized carbons (Fsp3) is 0.368. The summed E-state index contributed by atoms with van der Waals surface area (Å²) >= 11 is 0. The number of hydrogen-bond acceptors (Lipinski definition) is 2. The predicted molar refractivity (Wildman–Crippen MR) is 87.1 cm³/mol. The number of hydrogen-bond donors (Lipinski definition) is 1. The average Bonchev–Trinajstić information content (AvgIpc) is 2.49. The van der Waals surface area contributed by atoms with Crippen molar-refractivity contribution in [2.45, 2.75) is 39.7 Å². The van der Waals surface area contributed by atoms with Gasteiger partial charge in [0, 0.05) is 5.56 Å². The number of ether oxygens (including phenoxy) is 1. The van der Waals surface area contributed by atoms with Gasteiger partial charge in [-0.2, -0.15) is 0 Å². The van der Waals surface area contributed by atoms with Gasteiger partial charge in [-0.1, -0.05) is 50.2 Å². The molecule has 0 bridgehead atoms. The van der Waals surface area contributed by atoms with Gasteiger partial charge in [-0.25, -0.2) is 0 Å². The first kappa shape index (κ1) is 15.6. The molecule has 2 heteroatoms. The minimum absolute atomic E-state index is 0.493. The van der Waals surface area contributed by atoms with E-state index in [0.717, 1.165) is 28.0 Å². The van der Waals surface area contributed by atoms with Crippen LogP contribution in [0, 0.1) is 13.8 Å². The number of aryl methyl sites for hydroxylation is 1. The summed E-state index contributed by atoms with van der Waals surface area (Å²) in [6, 6.07) is 12.1. The first-order valence-electron chi connectivity index (χ1n) is 7.37. The van der Waals surface area contributed by atoms with E-state index in [-0.39, 0.29) is 0 Å². The molecule has 0 aliphatic carbocycles. The van der Waals surface area contributed by atoms with Crippen molar-refractivity contribution in [3.05, 3.63) is 64.2 Å². The summed E-state index contributed by atoms with van der Waals surface area (Å²) in [7, 11) is 1.65. The minimum Gasteiger partial charge on any atom is -0.496 e. The van der Waals surface area contributed by atoms with E-state index in [1.165, 1.54) is 5.56 Å². The zero-order valence-corrected chi connectivity index (χ0v) is 13.5. The lowest BCUT2D eigenvalue weighted by molar-refractivity contribution is 0.214. The first-order valence-corrected chi connectivity index (χ1v) is 7.37. The van der Waals surface area contributed by atoms with E-state index in [1.54, 1.807) is 7.11 Å². The molecule has 112 valence electrons. The van der Waals surface area contributed by atoms with Gasteiger partial charge in [0.25, 0.3) is 0 Å². The first-order chi connectivity index (χ1) is 9.95. The van der Waals surface area contributed by atoms with Gasteiger partial charge in [0.2, 0.25) is 0 Å². The largest absolute Gasteiger partial charge is 0.496 e. The zero-order valence-electron chi connectivity index (χ0n) is 13.5. The third kappa shape index (κ3) is 3.11. The topological polar surface area (TPSA) is 29.5 Å². The molecule has 2 aromatic rings. The maximum absolute atomic E-state index is 10.7. The molecule has 0 aliphatic rings. The molecule has 1 atom stereocenters. The Morgan fingerprint density at radius 1 is 0.905 bits per heavy atom. The molecule has 0 spiro atoms. The molecule has 0 fully saturated rings. The standard InChI is InChI=1S/C19H24O2/c1-12(2)15-7-9-16(10-8-15)18(20)17-11-6-13(3)14(4)19(17)21-5/h6-12,18,20H,1-5H3. The summed E-state index contributed by atoms with van der Waals surface area (Å²) in [5.41, 5.74) is 5.22. The van der Waals surface area contributed by atoms with Crippen molar-refractivity contribution in [2.75, 3.05) is 7.11 Å². The van der Waals surface area contributed by atoms with Crippen molar-refractivity contribution in [3.8, 4) is 5.75 Å². The predicted octanol–water partition coefficient (Wildman–Crippen LogP) is 4.52. The second-order valence-corrected chi connectivity index (χ2v) is 5.85. The van der Waals surface area contributed by atoms with Gasteiger partial charge in [-0.05, 0) is 42.0 Å². The third-order valence-corrected chi connectivity index (χ3v) is 4.12. The molecule has 0 saturated carbocycles. The van der Waals surface area contributed by atoms with E-state index < -0.39 is 6.10 Å². The van der Waals surface area contributed by atoms with Crippen LogP contribution < -0.4 is 4.74 Å². The van der Waals surface area contributed by atoms with E-state index in [4.69, 9.17) is 4.74 Å². The Bertz CT molecular complexity index is 612. The van der Waals surface area contributed by atoms with Crippen molar-refractivity contribution in [3.63, 3.8) is 0 Å². The van der Waals surface area contributed by atoms with E-state index in [0.29, 0.717) is 5.92 Å². The molecule has 2 aromatic carbocycles. The fourth-order valence-electron chi connectivity index (χ4n) is 2.54. The molecule has 0 amide bonds. The van der Waals surface area contributed by atoms with Crippen LogP contribution in [0.3, 0.4) is 0 Å². The van der Waals surface area contributed by atoms with Crippen LogP contribution in [-0.4, -0.2) is 12.2 Å². The molecule has 0 saturated heterocycles. The number of benzene rings is 2. The maximum Gasteiger partial charge on any atom is 0.128 e. The molecular weight excluding hydrogens is 260 g/mol. The fourth-order valence-corrected chi connectivity index (χ4v) is 2.54. The molecule has 1 N–H and O–H groups in total. The molecule has 0 aromatic heterocycles. The number of methoxy groups -OCH3 is 1. The lowest BCUT2D eigenvalue weighted by Gasteiger charge is -2.19. The van der Waals surface area contributed by atoms with Crippen molar-refractivity contribution in [2.24, 2.45) is 0 Å².